The van der Waals surface area contributed by atoms with Crippen LogP contribution in [0.5, 0.6) is 0 Å². The van der Waals surface area contributed by atoms with Crippen molar-refractivity contribution in [1.29, 1.82) is 0 Å². The maximum Gasteiger partial charge on any atom is 0.164 e. The molecule has 0 saturated heterocycles. The standard InChI is InChI=1S/C51H31N3O2.C43H27N3S.C38H24N4S/c1-2-9-34(10-3-1)51-53-45(33-18-16-32(17-19-33)37-11-8-24-52-31-37)30-46(54-51)40-26-38(35-20-22-49-43(28-35)41-12-4-6-14-47(41)55-49)25-39(27-40)36-21-23-50-44(29-36)42-13-5-7-15-48(42)56-50;1-2-8-33(9-3-1)43-45-38(27-39(46-43)31-21-17-29(18-22-31)35-13-6-10-32-11-7-25-44-42(32)35)30-19-15-28(16-20-30)34-23-24-41-37(26-34)36-12-4-5-14-40(36)47-41;1-2-7-27(8-3-1)36-40-37(42-38(41-36)29-18-14-26(15-19-29)31-9-6-22-39-24-31)28-16-12-25(13-17-28)30-20-21-35-33(23-30)32-10-4-5-11-34(32)43-35/h1-31H;1-27H;1-24H. The molecule has 0 aliphatic heterocycles. The molecule has 28 aromatic rings. The largest absolute Gasteiger partial charge is 0.456 e. The number of hydrogen-bond donors (Lipinski definition) is 0. The molecule has 14 heteroatoms. The SMILES string of the molecule is c1ccc(-c2nc(-c3ccc(-c4ccc5sc6ccccc6c5c4)cc3)cc(-c3ccc(-c4cccc5cccnc45)cc3)n2)cc1.c1ccc(-c2nc(-c3ccc(-c4cccnc4)cc3)cc(-c3cc(-c4ccc5oc6ccccc6c5c4)cc(-c4ccc5oc6ccccc6c5c4)c3)n2)cc1.c1ccc(-c2nc(-c3ccc(-c4cccnc4)cc3)nc(-c3ccc(-c4ccc5sc6ccccc6c5c4)cc3)n2)cc1. The molecular formula is C132H82N10O2S2. The second-order valence-electron chi connectivity index (χ2n) is 36.1. The number of fused-ring (bicyclic) bond motifs is 13. The van der Waals surface area contributed by atoms with Crippen LogP contribution in [0.3, 0.4) is 0 Å². The summed E-state index contributed by atoms with van der Waals surface area (Å²) in [7, 11) is 0. The molecule has 0 unspecified atom stereocenters. The fourth-order valence-corrected chi connectivity index (χ4v) is 21.7. The molecule has 0 bridgehead atoms. The molecule has 0 spiro atoms. The highest BCUT2D eigenvalue weighted by Gasteiger charge is 2.22. The highest BCUT2D eigenvalue weighted by Crippen LogP contribution is 2.45. The number of pyridine rings is 3. The van der Waals surface area contributed by atoms with Crippen LogP contribution in [0, 0.1) is 0 Å². The van der Waals surface area contributed by atoms with Crippen molar-refractivity contribution in [3.05, 3.63) is 498 Å². The summed E-state index contributed by atoms with van der Waals surface area (Å²) in [4.78, 5) is 48.4. The molecule has 684 valence electrons. The summed E-state index contributed by atoms with van der Waals surface area (Å²) in [5.41, 5.74) is 32.4. The predicted molar refractivity (Wildman–Crippen MR) is 602 cm³/mol. The third kappa shape index (κ3) is 17.4. The summed E-state index contributed by atoms with van der Waals surface area (Å²) in [6.07, 6.45) is 9.18. The van der Waals surface area contributed by atoms with E-state index in [4.69, 9.17) is 43.7 Å². The van der Waals surface area contributed by atoms with E-state index in [0.29, 0.717) is 29.1 Å². The van der Waals surface area contributed by atoms with Gasteiger partial charge in [0.1, 0.15) is 22.3 Å². The molecule has 0 amide bonds. The molecule has 10 heterocycles. The number of nitrogens with zero attached hydrogens (tertiary/aromatic N) is 10. The van der Waals surface area contributed by atoms with Crippen LogP contribution in [0.1, 0.15) is 0 Å². The molecule has 28 rings (SSSR count). The summed E-state index contributed by atoms with van der Waals surface area (Å²) in [5, 5.41) is 10.7. The maximum atomic E-state index is 6.21. The second kappa shape index (κ2) is 38.1. The van der Waals surface area contributed by atoms with Crippen LogP contribution in [0.25, 0.3) is 275 Å². The second-order valence-corrected chi connectivity index (χ2v) is 38.3. The number of hydrogen-bond acceptors (Lipinski definition) is 14. The molecule has 0 aliphatic carbocycles. The lowest BCUT2D eigenvalue weighted by molar-refractivity contribution is 0.668. The van der Waals surface area contributed by atoms with Crippen LogP contribution in [0.15, 0.2) is 507 Å². The van der Waals surface area contributed by atoms with Gasteiger partial charge in [0.2, 0.25) is 0 Å². The van der Waals surface area contributed by atoms with Gasteiger partial charge >= 0.3 is 0 Å². The molecular weight excluding hydrogens is 1820 g/mol. The predicted octanol–water partition coefficient (Wildman–Crippen LogP) is 35.4. The van der Waals surface area contributed by atoms with Crippen molar-refractivity contribution in [3.63, 3.8) is 0 Å². The van der Waals surface area contributed by atoms with Crippen LogP contribution < -0.4 is 0 Å². The average molecular weight is 1900 g/mol. The van der Waals surface area contributed by atoms with E-state index in [1.54, 1.807) is 12.4 Å². The fourth-order valence-electron chi connectivity index (χ4n) is 19.5. The first kappa shape index (κ1) is 87.2. The van der Waals surface area contributed by atoms with Gasteiger partial charge in [0, 0.05) is 154 Å². The van der Waals surface area contributed by atoms with E-state index in [9.17, 15) is 0 Å². The van der Waals surface area contributed by atoms with Gasteiger partial charge in [0.25, 0.3) is 0 Å². The number of thiophene rings is 2. The van der Waals surface area contributed by atoms with Gasteiger partial charge < -0.3 is 8.83 Å². The van der Waals surface area contributed by atoms with Gasteiger partial charge in [-0.2, -0.15) is 0 Å². The lowest BCUT2D eigenvalue weighted by Gasteiger charge is -2.14. The van der Waals surface area contributed by atoms with E-state index in [2.05, 4.69) is 373 Å². The number of rotatable bonds is 16. The minimum absolute atomic E-state index is 0.639. The zero-order valence-corrected chi connectivity index (χ0v) is 80.1. The summed E-state index contributed by atoms with van der Waals surface area (Å²) in [5.74, 6) is 3.31. The first-order chi connectivity index (χ1) is 72.2. The Balaban J connectivity index is 0.000000112. The number of benzene rings is 18. The maximum absolute atomic E-state index is 6.21. The highest BCUT2D eigenvalue weighted by atomic mass is 32.1. The Morgan fingerprint density at radius 1 is 0.164 bits per heavy atom. The number of furan rings is 2. The van der Waals surface area contributed by atoms with Crippen molar-refractivity contribution < 1.29 is 8.83 Å². The third-order valence-corrected chi connectivity index (χ3v) is 29.3. The van der Waals surface area contributed by atoms with E-state index in [0.717, 1.165) is 189 Å². The van der Waals surface area contributed by atoms with E-state index in [-0.39, 0.29) is 0 Å². The van der Waals surface area contributed by atoms with Crippen LogP contribution >= 0.6 is 22.7 Å². The van der Waals surface area contributed by atoms with Crippen molar-refractivity contribution in [3.8, 4) is 180 Å². The van der Waals surface area contributed by atoms with E-state index in [1.165, 1.54) is 57.0 Å². The van der Waals surface area contributed by atoms with Crippen LogP contribution in [0.2, 0.25) is 0 Å². The molecule has 146 heavy (non-hydrogen) atoms. The summed E-state index contributed by atoms with van der Waals surface area (Å²) >= 11 is 3.69. The van der Waals surface area contributed by atoms with Gasteiger partial charge in [0.15, 0.2) is 29.1 Å². The molecule has 18 aromatic carbocycles. The molecule has 12 nitrogen and oxygen atoms in total. The molecule has 0 radical (unpaired) electrons. The van der Waals surface area contributed by atoms with Crippen LogP contribution in [0.4, 0.5) is 0 Å². The molecule has 10 aromatic heterocycles. The Bertz CT molecular complexity index is 9640. The van der Waals surface area contributed by atoms with Crippen molar-refractivity contribution in [2.24, 2.45) is 0 Å². The average Bonchev–Trinajstić information content (AvgIpc) is 1.04. The minimum atomic E-state index is 0.639. The van der Waals surface area contributed by atoms with Gasteiger partial charge in [-0.25, -0.2) is 34.9 Å². The Morgan fingerprint density at radius 3 is 0.897 bits per heavy atom. The summed E-state index contributed by atoms with van der Waals surface area (Å²) in [6.45, 7) is 0. The van der Waals surface area contributed by atoms with Crippen molar-refractivity contribution in [1.82, 2.24) is 49.8 Å². The van der Waals surface area contributed by atoms with Gasteiger partial charge in [-0.1, -0.05) is 346 Å². The van der Waals surface area contributed by atoms with Gasteiger partial charge in [-0.15, -0.1) is 22.7 Å². The van der Waals surface area contributed by atoms with E-state index in [1.807, 2.05) is 150 Å². The number of aromatic nitrogens is 10. The monoisotopic (exact) mass is 1900 g/mol. The first-order valence-electron chi connectivity index (χ1n) is 48.5. The van der Waals surface area contributed by atoms with Gasteiger partial charge in [0.05, 0.1) is 28.3 Å². The quantitative estimate of drug-likeness (QED) is 0.0904. The van der Waals surface area contributed by atoms with E-state index < -0.39 is 0 Å². The lowest BCUT2D eigenvalue weighted by Crippen LogP contribution is -2.00. The molecule has 0 aliphatic rings. The van der Waals surface area contributed by atoms with E-state index >= 15 is 0 Å². The van der Waals surface area contributed by atoms with Crippen LogP contribution in [-0.2, 0) is 0 Å². The molecule has 0 N–H and O–H groups in total. The zero-order valence-electron chi connectivity index (χ0n) is 78.4. The van der Waals surface area contributed by atoms with Crippen molar-refractivity contribution in [2.75, 3.05) is 0 Å². The summed E-state index contributed by atoms with van der Waals surface area (Å²) < 4.78 is 17.7. The lowest BCUT2D eigenvalue weighted by atomic mass is 9.93. The zero-order chi connectivity index (χ0) is 96.7. The van der Waals surface area contributed by atoms with Gasteiger partial charge in [-0.05, 0) is 194 Å². The smallest absolute Gasteiger partial charge is 0.164 e. The Labute approximate surface area is 848 Å². The van der Waals surface area contributed by atoms with Gasteiger partial charge in [-0.3, -0.25) is 15.0 Å². The normalized spacial score (nSPS) is 11.4. The molecule has 0 saturated carbocycles. The fraction of sp³-hybridized carbons (Fsp3) is 0. The number of para-hydroxylation sites is 3. The summed E-state index contributed by atoms with van der Waals surface area (Å²) in [6, 6.07) is 163. The van der Waals surface area contributed by atoms with Crippen LogP contribution in [-0.4, -0.2) is 49.8 Å². The molecule has 0 atom stereocenters. The van der Waals surface area contributed by atoms with Crippen molar-refractivity contribution in [2.45, 2.75) is 0 Å². The first-order valence-corrected chi connectivity index (χ1v) is 50.1. The topological polar surface area (TPSA) is 155 Å². The Hall–Kier alpha value is -19.1. The highest BCUT2D eigenvalue weighted by molar-refractivity contribution is 7.26. The third-order valence-electron chi connectivity index (χ3n) is 27.0. The Morgan fingerprint density at radius 2 is 0.466 bits per heavy atom. The Kier molecular flexibility index (Phi) is 22.8. The minimum Gasteiger partial charge on any atom is -0.456 e. The van der Waals surface area contributed by atoms with Crippen molar-refractivity contribution >= 4 is 118 Å². The molecule has 0 fully saturated rings.